The Labute approximate surface area is 120 Å². The Morgan fingerprint density at radius 3 is 2.80 bits per heavy atom. The van der Waals surface area contributed by atoms with Crippen LogP contribution in [0.4, 0.5) is 0 Å². The topological polar surface area (TPSA) is 56.9 Å². The van der Waals surface area contributed by atoms with Gasteiger partial charge in [0.25, 0.3) is 0 Å². The van der Waals surface area contributed by atoms with Gasteiger partial charge in [0.1, 0.15) is 0 Å². The molecule has 1 atom stereocenters. The van der Waals surface area contributed by atoms with Gasteiger partial charge in [-0.15, -0.1) is 0 Å². The van der Waals surface area contributed by atoms with Crippen LogP contribution in [0.5, 0.6) is 0 Å². The maximum absolute atomic E-state index is 11.9. The van der Waals surface area contributed by atoms with Gasteiger partial charge < -0.3 is 15.6 Å². The number of rotatable bonds is 6. The van der Waals surface area contributed by atoms with Gasteiger partial charge >= 0.3 is 0 Å². The highest BCUT2D eigenvalue weighted by Gasteiger charge is 2.12. The molecular weight excluding hydrogens is 250 g/mol. The fourth-order valence-corrected chi connectivity index (χ4v) is 2.03. The van der Waals surface area contributed by atoms with Crippen LogP contribution in [0, 0.1) is 5.92 Å². The number of hydrogen-bond donors (Lipinski definition) is 3. The van der Waals surface area contributed by atoms with Crippen molar-refractivity contribution < 1.29 is 4.79 Å². The van der Waals surface area contributed by atoms with Gasteiger partial charge in [0.15, 0.2) is 0 Å². The van der Waals surface area contributed by atoms with E-state index in [0.29, 0.717) is 12.5 Å². The molecule has 3 N–H and O–H groups in total. The minimum Gasteiger partial charge on any atom is -0.361 e. The lowest BCUT2D eigenvalue weighted by atomic mass is 10.1. The molecule has 1 amide bonds. The zero-order valence-electron chi connectivity index (χ0n) is 12.4. The second-order valence-electron chi connectivity index (χ2n) is 5.64. The van der Waals surface area contributed by atoms with Crippen LogP contribution in [0.15, 0.2) is 30.5 Å². The van der Waals surface area contributed by atoms with Crippen LogP contribution < -0.4 is 10.6 Å². The van der Waals surface area contributed by atoms with E-state index in [9.17, 15) is 4.79 Å². The van der Waals surface area contributed by atoms with Crippen molar-refractivity contribution in [2.24, 2.45) is 5.92 Å². The molecule has 1 unspecified atom stereocenters. The van der Waals surface area contributed by atoms with Crippen LogP contribution in [0.25, 0.3) is 10.9 Å². The second kappa shape index (κ2) is 6.57. The summed E-state index contributed by atoms with van der Waals surface area (Å²) in [5.74, 6) is 0.531. The van der Waals surface area contributed by atoms with Crippen molar-refractivity contribution in [2.75, 3.05) is 6.54 Å². The molecule has 0 fully saturated rings. The van der Waals surface area contributed by atoms with E-state index in [4.69, 9.17) is 0 Å². The van der Waals surface area contributed by atoms with E-state index < -0.39 is 0 Å². The van der Waals surface area contributed by atoms with Crippen molar-refractivity contribution in [3.63, 3.8) is 0 Å². The molecule has 0 spiro atoms. The number of H-pyrrole nitrogens is 1. The summed E-state index contributed by atoms with van der Waals surface area (Å²) in [6.07, 6.45) is 1.93. The first-order chi connectivity index (χ1) is 9.56. The summed E-state index contributed by atoms with van der Waals surface area (Å²) in [4.78, 5) is 15.0. The Morgan fingerprint density at radius 2 is 2.05 bits per heavy atom. The lowest BCUT2D eigenvalue weighted by Gasteiger charge is -2.15. The molecule has 2 aromatic rings. The third kappa shape index (κ3) is 3.84. The van der Waals surface area contributed by atoms with E-state index >= 15 is 0 Å². The number of aromatic amines is 1. The molecule has 20 heavy (non-hydrogen) atoms. The number of fused-ring (bicyclic) bond motifs is 1. The number of carbonyl (C=O) groups is 1. The third-order valence-electron chi connectivity index (χ3n) is 3.31. The van der Waals surface area contributed by atoms with Crippen LogP contribution in [0.2, 0.25) is 0 Å². The molecule has 0 saturated heterocycles. The van der Waals surface area contributed by atoms with Crippen molar-refractivity contribution in [1.29, 1.82) is 0 Å². The Bertz CT molecular complexity index is 574. The normalized spacial score (nSPS) is 12.8. The highest BCUT2D eigenvalue weighted by atomic mass is 16.2. The van der Waals surface area contributed by atoms with E-state index in [1.807, 2.05) is 13.1 Å². The monoisotopic (exact) mass is 273 g/mol. The standard InChI is InChI=1S/C16H23N3O/c1-11(2)9-19-16(20)12(3)18-10-13-4-5-15-14(8-13)6-7-17-15/h4-8,11-12,17-18H,9-10H2,1-3H3,(H,19,20). The van der Waals surface area contributed by atoms with Crippen molar-refractivity contribution in [1.82, 2.24) is 15.6 Å². The fraction of sp³-hybridized carbons (Fsp3) is 0.438. The largest absolute Gasteiger partial charge is 0.361 e. The van der Waals surface area contributed by atoms with E-state index in [-0.39, 0.29) is 11.9 Å². The Hall–Kier alpha value is -1.81. The second-order valence-corrected chi connectivity index (χ2v) is 5.64. The number of carbonyl (C=O) groups excluding carboxylic acids is 1. The van der Waals surface area contributed by atoms with Crippen LogP contribution in [-0.2, 0) is 11.3 Å². The smallest absolute Gasteiger partial charge is 0.236 e. The van der Waals surface area contributed by atoms with Crippen LogP contribution >= 0.6 is 0 Å². The van der Waals surface area contributed by atoms with Gasteiger partial charge in [-0.25, -0.2) is 0 Å². The quantitative estimate of drug-likeness (QED) is 0.757. The van der Waals surface area contributed by atoms with Crippen molar-refractivity contribution >= 4 is 16.8 Å². The number of benzene rings is 1. The molecule has 0 saturated carbocycles. The molecule has 108 valence electrons. The molecule has 0 radical (unpaired) electrons. The Balaban J connectivity index is 1.85. The average Bonchev–Trinajstić information content (AvgIpc) is 2.89. The zero-order valence-corrected chi connectivity index (χ0v) is 12.4. The molecule has 4 nitrogen and oxygen atoms in total. The predicted octanol–water partition coefficient (Wildman–Crippen LogP) is 2.42. The lowest BCUT2D eigenvalue weighted by Crippen LogP contribution is -2.42. The Kier molecular flexibility index (Phi) is 4.79. The van der Waals surface area contributed by atoms with Crippen LogP contribution in [-0.4, -0.2) is 23.5 Å². The predicted molar refractivity (Wildman–Crippen MR) is 82.4 cm³/mol. The van der Waals surface area contributed by atoms with E-state index in [1.165, 1.54) is 10.9 Å². The summed E-state index contributed by atoms with van der Waals surface area (Å²) in [5, 5.41) is 7.39. The molecule has 1 aromatic heterocycles. The molecule has 0 aliphatic heterocycles. The van der Waals surface area contributed by atoms with Crippen LogP contribution in [0.1, 0.15) is 26.3 Å². The van der Waals surface area contributed by atoms with Crippen molar-refractivity contribution in [2.45, 2.75) is 33.4 Å². The van der Waals surface area contributed by atoms with Crippen LogP contribution in [0.3, 0.4) is 0 Å². The highest BCUT2D eigenvalue weighted by Crippen LogP contribution is 2.14. The summed E-state index contributed by atoms with van der Waals surface area (Å²) in [5.41, 5.74) is 2.32. The number of amides is 1. The number of hydrogen-bond acceptors (Lipinski definition) is 2. The van der Waals surface area contributed by atoms with Crippen molar-refractivity contribution in [3.8, 4) is 0 Å². The van der Waals surface area contributed by atoms with Gasteiger partial charge in [-0.2, -0.15) is 0 Å². The molecule has 0 aliphatic carbocycles. The molecule has 4 heteroatoms. The first kappa shape index (κ1) is 14.6. The summed E-state index contributed by atoms with van der Waals surface area (Å²) >= 11 is 0. The molecule has 1 heterocycles. The van der Waals surface area contributed by atoms with E-state index in [1.54, 1.807) is 0 Å². The van der Waals surface area contributed by atoms with Gasteiger partial charge in [-0.3, -0.25) is 4.79 Å². The van der Waals surface area contributed by atoms with E-state index in [0.717, 1.165) is 12.1 Å². The summed E-state index contributed by atoms with van der Waals surface area (Å²) in [6, 6.07) is 8.14. The lowest BCUT2D eigenvalue weighted by molar-refractivity contribution is -0.122. The van der Waals surface area contributed by atoms with Gasteiger partial charge in [0, 0.05) is 24.8 Å². The highest BCUT2D eigenvalue weighted by molar-refractivity contribution is 5.81. The van der Waals surface area contributed by atoms with Gasteiger partial charge in [-0.05, 0) is 42.0 Å². The van der Waals surface area contributed by atoms with Gasteiger partial charge in [0.2, 0.25) is 5.91 Å². The minimum atomic E-state index is -0.185. The summed E-state index contributed by atoms with van der Waals surface area (Å²) < 4.78 is 0. The maximum atomic E-state index is 11.9. The maximum Gasteiger partial charge on any atom is 0.236 e. The van der Waals surface area contributed by atoms with Crippen molar-refractivity contribution in [3.05, 3.63) is 36.0 Å². The van der Waals surface area contributed by atoms with E-state index in [2.05, 4.69) is 53.7 Å². The van der Waals surface area contributed by atoms with Gasteiger partial charge in [0.05, 0.1) is 6.04 Å². The molecule has 1 aromatic carbocycles. The first-order valence-corrected chi connectivity index (χ1v) is 7.13. The molecule has 0 bridgehead atoms. The molecule has 2 rings (SSSR count). The average molecular weight is 273 g/mol. The summed E-state index contributed by atoms with van der Waals surface area (Å²) in [6.45, 7) is 7.48. The Morgan fingerprint density at radius 1 is 1.25 bits per heavy atom. The number of aromatic nitrogens is 1. The number of nitrogens with one attached hydrogen (secondary N) is 3. The first-order valence-electron chi connectivity index (χ1n) is 7.13. The zero-order chi connectivity index (χ0) is 14.5. The minimum absolute atomic E-state index is 0.0569. The van der Waals surface area contributed by atoms with Gasteiger partial charge in [-0.1, -0.05) is 19.9 Å². The third-order valence-corrected chi connectivity index (χ3v) is 3.31. The fourth-order valence-electron chi connectivity index (χ4n) is 2.03. The summed E-state index contributed by atoms with van der Waals surface area (Å²) in [7, 11) is 0. The SMILES string of the molecule is CC(C)CNC(=O)C(C)NCc1ccc2[nH]ccc2c1. The molecule has 0 aliphatic rings. The molecular formula is C16H23N3O.